The number of nitrogens with one attached hydrogen (secondary N) is 2. The van der Waals surface area contributed by atoms with Crippen molar-refractivity contribution in [3.8, 4) is 0 Å². The fourth-order valence-corrected chi connectivity index (χ4v) is 3.78. The van der Waals surface area contributed by atoms with E-state index in [0.717, 1.165) is 0 Å². The zero-order valence-electron chi connectivity index (χ0n) is 18.4. The van der Waals surface area contributed by atoms with Crippen LogP contribution in [0.1, 0.15) is 0 Å². The number of nitrogens with zero attached hydrogens (tertiary/aromatic N) is 6. The third-order valence-electron chi connectivity index (χ3n) is 5.51. The topological polar surface area (TPSA) is 125 Å². The van der Waals surface area contributed by atoms with Gasteiger partial charge in [0, 0.05) is 25.8 Å². The van der Waals surface area contributed by atoms with E-state index in [1.165, 1.54) is 32.9 Å². The van der Waals surface area contributed by atoms with Crippen molar-refractivity contribution in [3.63, 3.8) is 0 Å². The van der Waals surface area contributed by atoms with Crippen LogP contribution in [0.5, 0.6) is 0 Å². The molecule has 188 valence electrons. The Kier molecular flexibility index (Phi) is 7.33. The molecule has 1 atom stereocenters. The number of hydrazine groups is 1. The number of ether oxygens (including phenoxy) is 1. The van der Waals surface area contributed by atoms with Gasteiger partial charge < -0.3 is 15.0 Å². The van der Waals surface area contributed by atoms with Gasteiger partial charge in [0.15, 0.2) is 0 Å². The van der Waals surface area contributed by atoms with Crippen molar-refractivity contribution in [2.24, 2.45) is 0 Å². The van der Waals surface area contributed by atoms with Crippen molar-refractivity contribution in [3.05, 3.63) is 36.4 Å². The lowest BCUT2D eigenvalue weighted by Crippen LogP contribution is -2.45. The fourth-order valence-electron chi connectivity index (χ4n) is 3.78. The van der Waals surface area contributed by atoms with Gasteiger partial charge in [-0.1, -0.05) is 5.21 Å². The minimum absolute atomic E-state index is 0.0226. The molecule has 1 aromatic heterocycles. The number of rotatable bonds is 7. The van der Waals surface area contributed by atoms with E-state index in [-0.39, 0.29) is 31.2 Å². The third-order valence-corrected chi connectivity index (χ3v) is 5.51. The third kappa shape index (κ3) is 5.79. The number of anilines is 2. The molecule has 2 aromatic rings. The van der Waals surface area contributed by atoms with Gasteiger partial charge in [0.2, 0.25) is 0 Å². The van der Waals surface area contributed by atoms with Crippen molar-refractivity contribution in [2.45, 2.75) is 19.1 Å². The summed E-state index contributed by atoms with van der Waals surface area (Å²) in [4.78, 5) is 38.6. The predicted molar refractivity (Wildman–Crippen MR) is 115 cm³/mol. The molecule has 2 saturated heterocycles. The maximum atomic E-state index is 15.0. The predicted octanol–water partition coefficient (Wildman–Crippen LogP) is -0.0229. The number of alkyl halides is 2. The summed E-state index contributed by atoms with van der Waals surface area (Å²) < 4.78 is 46.1. The second-order valence-corrected chi connectivity index (χ2v) is 7.84. The largest absolute Gasteiger partial charge is 0.442 e. The van der Waals surface area contributed by atoms with Crippen molar-refractivity contribution >= 4 is 29.3 Å². The van der Waals surface area contributed by atoms with Gasteiger partial charge in [0.1, 0.15) is 18.5 Å². The van der Waals surface area contributed by atoms with Crippen molar-refractivity contribution in [1.29, 1.82) is 0 Å². The Morgan fingerprint density at radius 1 is 1.26 bits per heavy atom. The molecule has 0 spiro atoms. The number of carbonyl (C=O) groups is 3. The van der Waals surface area contributed by atoms with E-state index in [4.69, 9.17) is 4.74 Å². The quantitative estimate of drug-likeness (QED) is 0.548. The summed E-state index contributed by atoms with van der Waals surface area (Å²) in [6.07, 6.45) is -1.72. The molecule has 0 aliphatic carbocycles. The highest BCUT2D eigenvalue weighted by atomic mass is 19.3. The summed E-state index contributed by atoms with van der Waals surface area (Å²) in [6, 6.07) is 4.26. The lowest BCUT2D eigenvalue weighted by Gasteiger charge is -2.24. The zero-order valence-corrected chi connectivity index (χ0v) is 18.4. The van der Waals surface area contributed by atoms with Crippen LogP contribution in [0.25, 0.3) is 0 Å². The van der Waals surface area contributed by atoms with Gasteiger partial charge in [-0.15, -0.1) is 5.10 Å². The van der Waals surface area contributed by atoms with Crippen molar-refractivity contribution in [1.82, 2.24) is 30.7 Å². The summed E-state index contributed by atoms with van der Waals surface area (Å²) in [6.45, 7) is 1.21. The minimum atomic E-state index is -3.17. The molecule has 3 amide bonds. The highest BCUT2D eigenvalue weighted by Crippen LogP contribution is 2.28. The molecule has 0 radical (unpaired) electrons. The first-order valence-electron chi connectivity index (χ1n) is 10.8. The van der Waals surface area contributed by atoms with Gasteiger partial charge in [-0.3, -0.25) is 19.5 Å². The number of hydrogen-bond acceptors (Lipinski definition) is 8. The number of amides is 3. The Morgan fingerprint density at radius 2 is 2.09 bits per heavy atom. The summed E-state index contributed by atoms with van der Waals surface area (Å²) >= 11 is 0. The first-order valence-corrected chi connectivity index (χ1v) is 10.8. The van der Waals surface area contributed by atoms with Crippen LogP contribution in [0, 0.1) is 5.82 Å². The molecule has 2 aliphatic heterocycles. The SMILES string of the molecule is O=C(NC[C@H]1CN(c2ccc(N3CCNN(C(=O)Cn4ccnn4)CC3)c(F)c2)C(=O)O1)C(F)F. The minimum Gasteiger partial charge on any atom is -0.442 e. The Bertz CT molecular complexity index is 1070. The molecule has 35 heavy (non-hydrogen) atoms. The van der Waals surface area contributed by atoms with E-state index in [1.807, 2.05) is 5.32 Å². The maximum absolute atomic E-state index is 15.0. The second kappa shape index (κ2) is 10.6. The number of hydrogen-bond donors (Lipinski definition) is 2. The Hall–Kier alpha value is -3.88. The fraction of sp³-hybridized carbons (Fsp3) is 0.450. The molecule has 4 rings (SSSR count). The van der Waals surface area contributed by atoms with Gasteiger partial charge in [0.25, 0.3) is 11.8 Å². The molecular formula is C20H23F3N8O4. The summed E-state index contributed by atoms with van der Waals surface area (Å²) in [5.41, 5.74) is 3.55. The molecule has 0 bridgehead atoms. The first kappa shape index (κ1) is 24.3. The van der Waals surface area contributed by atoms with Crippen LogP contribution in [0.4, 0.5) is 29.3 Å². The number of carbonyl (C=O) groups excluding carboxylic acids is 3. The molecule has 0 unspecified atom stereocenters. The van der Waals surface area contributed by atoms with Gasteiger partial charge in [-0.2, -0.15) is 8.78 Å². The van der Waals surface area contributed by atoms with Crippen LogP contribution in [0.3, 0.4) is 0 Å². The van der Waals surface area contributed by atoms with Crippen molar-refractivity contribution < 1.29 is 32.3 Å². The summed E-state index contributed by atoms with van der Waals surface area (Å²) in [5.74, 6) is -2.24. The smallest absolute Gasteiger partial charge is 0.414 e. The van der Waals surface area contributed by atoms with Crippen LogP contribution >= 0.6 is 0 Å². The summed E-state index contributed by atoms with van der Waals surface area (Å²) in [5, 5.41) is 10.9. The summed E-state index contributed by atoms with van der Waals surface area (Å²) in [7, 11) is 0. The average molecular weight is 496 g/mol. The molecule has 2 aliphatic rings. The normalized spacial score (nSPS) is 18.6. The lowest BCUT2D eigenvalue weighted by molar-refractivity contribution is -0.135. The zero-order chi connectivity index (χ0) is 24.9. The van der Waals surface area contributed by atoms with Gasteiger partial charge in [0.05, 0.1) is 37.2 Å². The van der Waals surface area contributed by atoms with Gasteiger partial charge >= 0.3 is 12.5 Å². The van der Waals surface area contributed by atoms with E-state index in [0.29, 0.717) is 31.9 Å². The second-order valence-electron chi connectivity index (χ2n) is 7.84. The molecular weight excluding hydrogens is 473 g/mol. The molecule has 1 aromatic carbocycles. The molecule has 2 N–H and O–H groups in total. The number of cyclic esters (lactones) is 1. The standard InChI is InChI=1S/C20H23F3N8O4/c21-15-9-13(30-11-14(35-20(30)34)10-24-19(33)18(22)23)1-2-16(15)28-5-4-26-31(8-7-28)17(32)12-29-6-3-25-27-29/h1-3,6,9,14,18,26H,4-5,7-8,10-12H2,(H,24,33)/t14-/m0/s1. The monoisotopic (exact) mass is 496 g/mol. The van der Waals surface area contributed by atoms with Crippen LogP contribution in [-0.4, -0.2) is 89.7 Å². The van der Waals surface area contributed by atoms with E-state index < -0.39 is 30.3 Å². The first-order chi connectivity index (χ1) is 16.8. The average Bonchev–Trinajstić information content (AvgIpc) is 3.39. The van der Waals surface area contributed by atoms with Crippen LogP contribution < -0.4 is 20.5 Å². The molecule has 0 saturated carbocycles. The highest BCUT2D eigenvalue weighted by molar-refractivity contribution is 5.90. The molecule has 12 nitrogen and oxygen atoms in total. The van der Waals surface area contributed by atoms with Gasteiger partial charge in [-0.25, -0.2) is 19.3 Å². The Balaban J connectivity index is 1.35. The molecule has 3 heterocycles. The Labute approximate surface area is 197 Å². The van der Waals surface area contributed by atoms with Crippen LogP contribution in [0.15, 0.2) is 30.6 Å². The van der Waals surface area contributed by atoms with Crippen molar-refractivity contribution in [2.75, 3.05) is 49.1 Å². The lowest BCUT2D eigenvalue weighted by atomic mass is 10.2. The van der Waals surface area contributed by atoms with Crippen LogP contribution in [0.2, 0.25) is 0 Å². The number of halogens is 3. The maximum Gasteiger partial charge on any atom is 0.414 e. The van der Waals surface area contributed by atoms with E-state index in [1.54, 1.807) is 17.2 Å². The molecule has 2 fully saturated rings. The van der Waals surface area contributed by atoms with E-state index in [2.05, 4.69) is 15.7 Å². The Morgan fingerprint density at radius 3 is 2.80 bits per heavy atom. The van der Waals surface area contributed by atoms with Gasteiger partial charge in [-0.05, 0) is 18.2 Å². The van der Waals surface area contributed by atoms with Crippen LogP contribution in [-0.2, 0) is 20.9 Å². The van der Waals surface area contributed by atoms with E-state index in [9.17, 15) is 23.2 Å². The highest BCUT2D eigenvalue weighted by Gasteiger charge is 2.33. The molecule has 15 heteroatoms. The number of aromatic nitrogens is 3. The number of benzene rings is 1. The van der Waals surface area contributed by atoms with E-state index >= 15 is 4.39 Å².